The number of aliphatic hydroxyl groups is 1. The quantitative estimate of drug-likeness (QED) is 0.817. The number of hydrogen-bond donors (Lipinski definition) is 2. The van der Waals surface area contributed by atoms with Gasteiger partial charge in [0.2, 0.25) is 0 Å². The van der Waals surface area contributed by atoms with Crippen LogP contribution in [0.4, 0.5) is 5.82 Å². The molecule has 2 atom stereocenters. The summed E-state index contributed by atoms with van der Waals surface area (Å²) in [6, 6.07) is 3.75. The van der Waals surface area contributed by atoms with Crippen LogP contribution in [0.5, 0.6) is 0 Å². The summed E-state index contributed by atoms with van der Waals surface area (Å²) < 4.78 is 0. The van der Waals surface area contributed by atoms with Crippen LogP contribution in [0.1, 0.15) is 32.6 Å². The largest absolute Gasteiger partial charge is 0.394 e. The molecule has 1 aliphatic rings. The van der Waals surface area contributed by atoms with Gasteiger partial charge in [0.25, 0.3) is 0 Å². The van der Waals surface area contributed by atoms with Crippen molar-refractivity contribution >= 4 is 5.82 Å². The number of nitrogens with zero attached hydrogens (tertiary/aromatic N) is 2. The number of rotatable bonds is 3. The van der Waals surface area contributed by atoms with Crippen LogP contribution in [-0.4, -0.2) is 27.4 Å². The summed E-state index contributed by atoms with van der Waals surface area (Å²) in [6.45, 7) is 2.40. The summed E-state index contributed by atoms with van der Waals surface area (Å²) in [7, 11) is 0. The van der Waals surface area contributed by atoms with E-state index in [1.54, 1.807) is 6.20 Å². The zero-order valence-electron chi connectivity index (χ0n) is 9.69. The number of nitrogens with one attached hydrogen (secondary N) is 1. The average molecular weight is 221 g/mol. The summed E-state index contributed by atoms with van der Waals surface area (Å²) >= 11 is 0. The van der Waals surface area contributed by atoms with Crippen LogP contribution < -0.4 is 5.32 Å². The van der Waals surface area contributed by atoms with E-state index in [0.29, 0.717) is 5.92 Å². The highest BCUT2D eigenvalue weighted by molar-refractivity contribution is 5.36. The summed E-state index contributed by atoms with van der Waals surface area (Å²) in [5.74, 6) is 1.41. The lowest BCUT2D eigenvalue weighted by Crippen LogP contribution is -2.46. The van der Waals surface area contributed by atoms with Gasteiger partial charge in [0.05, 0.1) is 12.1 Å². The van der Waals surface area contributed by atoms with Crippen molar-refractivity contribution in [2.75, 3.05) is 11.9 Å². The second-order valence-electron chi connectivity index (χ2n) is 4.87. The Balaban J connectivity index is 2.10. The fourth-order valence-electron chi connectivity index (χ4n) is 2.60. The third-order valence-corrected chi connectivity index (χ3v) is 3.36. The normalized spacial score (nSPS) is 30.0. The molecule has 1 fully saturated rings. The molecule has 0 saturated heterocycles. The second kappa shape index (κ2) is 4.78. The molecular weight excluding hydrogens is 202 g/mol. The summed E-state index contributed by atoms with van der Waals surface area (Å²) in [5.41, 5.74) is -0.201. The van der Waals surface area contributed by atoms with E-state index >= 15 is 0 Å². The monoisotopic (exact) mass is 221 g/mol. The molecular formula is C12H19N3O. The van der Waals surface area contributed by atoms with E-state index in [4.69, 9.17) is 0 Å². The molecule has 1 saturated carbocycles. The molecule has 0 spiro atoms. The maximum absolute atomic E-state index is 9.61. The Morgan fingerprint density at radius 3 is 3.12 bits per heavy atom. The lowest BCUT2D eigenvalue weighted by molar-refractivity contribution is 0.149. The first kappa shape index (κ1) is 11.3. The van der Waals surface area contributed by atoms with Crippen molar-refractivity contribution in [3.63, 3.8) is 0 Å². The van der Waals surface area contributed by atoms with Gasteiger partial charge in [-0.3, -0.25) is 0 Å². The van der Waals surface area contributed by atoms with Gasteiger partial charge in [-0.1, -0.05) is 19.8 Å². The number of anilines is 1. The summed E-state index contributed by atoms with van der Waals surface area (Å²) in [5, 5.41) is 20.8. The molecule has 4 nitrogen and oxygen atoms in total. The van der Waals surface area contributed by atoms with Crippen molar-refractivity contribution in [3.05, 3.63) is 18.3 Å². The lowest BCUT2D eigenvalue weighted by atomic mass is 9.77. The van der Waals surface area contributed by atoms with Gasteiger partial charge < -0.3 is 10.4 Å². The van der Waals surface area contributed by atoms with E-state index in [2.05, 4.69) is 22.4 Å². The summed E-state index contributed by atoms with van der Waals surface area (Å²) in [6.07, 6.45) is 6.07. The van der Waals surface area contributed by atoms with E-state index in [1.807, 2.05) is 12.1 Å². The minimum atomic E-state index is -0.201. The highest BCUT2D eigenvalue weighted by Gasteiger charge is 2.34. The zero-order chi connectivity index (χ0) is 11.4. The van der Waals surface area contributed by atoms with Crippen LogP contribution in [-0.2, 0) is 0 Å². The Morgan fingerprint density at radius 2 is 2.50 bits per heavy atom. The van der Waals surface area contributed by atoms with Gasteiger partial charge >= 0.3 is 0 Å². The van der Waals surface area contributed by atoms with Crippen LogP contribution in [0.15, 0.2) is 18.3 Å². The fourth-order valence-corrected chi connectivity index (χ4v) is 2.60. The van der Waals surface area contributed by atoms with Crippen LogP contribution in [0, 0.1) is 5.92 Å². The molecule has 0 radical (unpaired) electrons. The highest BCUT2D eigenvalue weighted by Crippen LogP contribution is 2.34. The maximum Gasteiger partial charge on any atom is 0.149 e. The van der Waals surface area contributed by atoms with Crippen LogP contribution in [0.2, 0.25) is 0 Å². The number of hydrogen-bond acceptors (Lipinski definition) is 4. The van der Waals surface area contributed by atoms with Crippen molar-refractivity contribution in [3.8, 4) is 0 Å². The molecule has 1 aromatic rings. The molecule has 1 aliphatic carbocycles. The van der Waals surface area contributed by atoms with E-state index < -0.39 is 0 Å². The van der Waals surface area contributed by atoms with Gasteiger partial charge in [-0.25, -0.2) is 0 Å². The molecule has 16 heavy (non-hydrogen) atoms. The summed E-state index contributed by atoms with van der Waals surface area (Å²) in [4.78, 5) is 0. The molecule has 88 valence electrons. The minimum absolute atomic E-state index is 0.161. The molecule has 0 bridgehead atoms. The Labute approximate surface area is 96.1 Å². The van der Waals surface area contributed by atoms with Gasteiger partial charge in [0.15, 0.2) is 0 Å². The predicted molar refractivity (Wildman–Crippen MR) is 63.1 cm³/mol. The van der Waals surface area contributed by atoms with E-state index in [9.17, 15) is 5.11 Å². The Kier molecular flexibility index (Phi) is 3.39. The molecule has 2 unspecified atom stereocenters. The second-order valence-corrected chi connectivity index (χ2v) is 4.87. The molecule has 2 rings (SSSR count). The molecule has 0 aliphatic heterocycles. The third kappa shape index (κ3) is 2.50. The smallest absolute Gasteiger partial charge is 0.149 e. The first-order chi connectivity index (χ1) is 7.74. The lowest BCUT2D eigenvalue weighted by Gasteiger charge is -2.39. The van der Waals surface area contributed by atoms with Crippen molar-refractivity contribution < 1.29 is 5.11 Å². The van der Waals surface area contributed by atoms with Gasteiger partial charge in [-0.05, 0) is 30.9 Å². The van der Waals surface area contributed by atoms with E-state index in [-0.39, 0.29) is 12.1 Å². The van der Waals surface area contributed by atoms with E-state index in [0.717, 1.165) is 25.1 Å². The Morgan fingerprint density at radius 1 is 1.62 bits per heavy atom. The SMILES string of the molecule is CC1CCCC(CO)(Nc2cccnn2)C1. The predicted octanol–water partition coefficient (Wildman–Crippen LogP) is 1.83. The standard InChI is InChI=1S/C12H19N3O/c1-10-4-2-6-12(8-10,9-16)14-11-5-3-7-13-15-11/h3,5,7,10,16H,2,4,6,8-9H2,1H3,(H,14,15). The third-order valence-electron chi connectivity index (χ3n) is 3.36. The van der Waals surface area contributed by atoms with Gasteiger partial charge in [0.1, 0.15) is 5.82 Å². The number of aromatic nitrogens is 2. The maximum atomic E-state index is 9.61. The van der Waals surface area contributed by atoms with Crippen LogP contribution >= 0.6 is 0 Å². The molecule has 1 aromatic heterocycles. The van der Waals surface area contributed by atoms with Crippen LogP contribution in [0.25, 0.3) is 0 Å². The zero-order valence-corrected chi connectivity index (χ0v) is 9.69. The first-order valence-electron chi connectivity index (χ1n) is 5.91. The Bertz CT molecular complexity index is 330. The highest BCUT2D eigenvalue weighted by atomic mass is 16.3. The average Bonchev–Trinajstić information content (AvgIpc) is 2.30. The molecule has 1 heterocycles. The van der Waals surface area contributed by atoms with Crippen molar-refractivity contribution in [1.29, 1.82) is 0 Å². The molecule has 4 heteroatoms. The molecule has 0 amide bonds. The Hall–Kier alpha value is -1.16. The first-order valence-corrected chi connectivity index (χ1v) is 5.91. The molecule has 2 N–H and O–H groups in total. The van der Waals surface area contributed by atoms with Crippen molar-refractivity contribution in [2.24, 2.45) is 5.92 Å². The number of aliphatic hydroxyl groups excluding tert-OH is 1. The fraction of sp³-hybridized carbons (Fsp3) is 0.667. The van der Waals surface area contributed by atoms with Gasteiger partial charge in [0, 0.05) is 6.20 Å². The van der Waals surface area contributed by atoms with Gasteiger partial charge in [-0.15, -0.1) is 5.10 Å². The minimum Gasteiger partial charge on any atom is -0.394 e. The van der Waals surface area contributed by atoms with Crippen molar-refractivity contribution in [2.45, 2.75) is 38.1 Å². The van der Waals surface area contributed by atoms with Crippen molar-refractivity contribution in [1.82, 2.24) is 10.2 Å². The van der Waals surface area contributed by atoms with Crippen LogP contribution in [0.3, 0.4) is 0 Å². The van der Waals surface area contributed by atoms with Gasteiger partial charge in [-0.2, -0.15) is 5.10 Å². The molecule has 0 aromatic carbocycles. The topological polar surface area (TPSA) is 58.0 Å². The van der Waals surface area contributed by atoms with E-state index in [1.165, 1.54) is 6.42 Å².